The van der Waals surface area contributed by atoms with Gasteiger partial charge in [-0.05, 0) is 18.4 Å². The molecule has 0 saturated carbocycles. The highest BCUT2D eigenvalue weighted by atomic mass is 127. The number of benzene rings is 1. The largest absolute Gasteiger partial charge is 0.359 e. The maximum absolute atomic E-state index is 12.1. The molecule has 168 valence electrons. The Morgan fingerprint density at radius 1 is 1.13 bits per heavy atom. The molecule has 0 aliphatic rings. The number of guanidine groups is 1. The van der Waals surface area contributed by atoms with E-state index in [2.05, 4.69) is 39.4 Å². The predicted octanol–water partition coefficient (Wildman–Crippen LogP) is 2.98. The molecule has 2 aromatic rings. The third-order valence-electron chi connectivity index (χ3n) is 4.64. The number of nitrogens with zero attached hydrogens (tertiary/aromatic N) is 2. The topological polar surface area (TPSA) is 109 Å². The molecule has 0 aliphatic heterocycles. The standard InChI is InChI=1S/C20H31N5O3S.HI/c1-4-17(5-2)19-13-18(28-25-19)15-23-20(21-3)22-11-12-29(26,27)24-14-16-9-7-6-8-10-16;/h6-10,13,17,24H,4-5,11-12,14-15H2,1-3H3,(H2,21,22,23);1H. The van der Waals surface area contributed by atoms with E-state index in [1.54, 1.807) is 7.05 Å². The van der Waals surface area contributed by atoms with Crippen LogP contribution in [0.4, 0.5) is 0 Å². The summed E-state index contributed by atoms with van der Waals surface area (Å²) in [7, 11) is -1.75. The van der Waals surface area contributed by atoms with Crippen LogP contribution in [0.3, 0.4) is 0 Å². The van der Waals surface area contributed by atoms with Gasteiger partial charge in [0, 0.05) is 32.1 Å². The fraction of sp³-hybridized carbons (Fsp3) is 0.500. The summed E-state index contributed by atoms with van der Waals surface area (Å²) in [6.07, 6.45) is 2.04. The quantitative estimate of drug-likeness (QED) is 0.226. The third kappa shape index (κ3) is 9.00. The molecule has 0 fully saturated rings. The minimum absolute atomic E-state index is 0. The average Bonchev–Trinajstić information content (AvgIpc) is 3.19. The lowest BCUT2D eigenvalue weighted by atomic mass is 9.99. The van der Waals surface area contributed by atoms with Crippen molar-refractivity contribution in [2.24, 2.45) is 4.99 Å². The number of rotatable bonds is 11. The number of halogens is 1. The summed E-state index contributed by atoms with van der Waals surface area (Å²) >= 11 is 0. The first-order valence-corrected chi connectivity index (χ1v) is 11.5. The van der Waals surface area contributed by atoms with Gasteiger partial charge in [-0.2, -0.15) is 0 Å². The second-order valence-electron chi connectivity index (χ2n) is 6.71. The van der Waals surface area contributed by atoms with Crippen molar-refractivity contribution in [2.45, 2.75) is 45.7 Å². The van der Waals surface area contributed by atoms with E-state index in [9.17, 15) is 8.42 Å². The lowest BCUT2D eigenvalue weighted by Crippen LogP contribution is -2.40. The first-order chi connectivity index (χ1) is 14.0. The first kappa shape index (κ1) is 26.4. The summed E-state index contributed by atoms with van der Waals surface area (Å²) < 4.78 is 32.3. The number of hydrogen-bond acceptors (Lipinski definition) is 5. The van der Waals surface area contributed by atoms with Crippen molar-refractivity contribution in [1.82, 2.24) is 20.5 Å². The van der Waals surface area contributed by atoms with Gasteiger partial charge in [-0.3, -0.25) is 4.99 Å². The van der Waals surface area contributed by atoms with Gasteiger partial charge in [0.15, 0.2) is 11.7 Å². The first-order valence-electron chi connectivity index (χ1n) is 9.88. The highest BCUT2D eigenvalue weighted by Gasteiger charge is 2.14. The molecule has 0 spiro atoms. The molecule has 0 bridgehead atoms. The van der Waals surface area contributed by atoms with Crippen LogP contribution in [0.15, 0.2) is 45.9 Å². The van der Waals surface area contributed by atoms with Gasteiger partial charge in [-0.25, -0.2) is 13.1 Å². The van der Waals surface area contributed by atoms with Gasteiger partial charge in [0.1, 0.15) is 0 Å². The lowest BCUT2D eigenvalue weighted by molar-refractivity contribution is 0.368. The highest BCUT2D eigenvalue weighted by molar-refractivity contribution is 14.0. The van der Waals surface area contributed by atoms with Gasteiger partial charge < -0.3 is 15.2 Å². The Morgan fingerprint density at radius 2 is 1.83 bits per heavy atom. The maximum Gasteiger partial charge on any atom is 0.213 e. The maximum atomic E-state index is 12.1. The number of hydrogen-bond donors (Lipinski definition) is 3. The van der Waals surface area contributed by atoms with Gasteiger partial charge in [0.05, 0.1) is 18.0 Å². The molecule has 0 amide bonds. The Balaban J connectivity index is 0.00000450. The van der Waals surface area contributed by atoms with Crippen LogP contribution in [0.5, 0.6) is 0 Å². The minimum atomic E-state index is -3.39. The fourth-order valence-corrected chi connectivity index (χ4v) is 3.77. The van der Waals surface area contributed by atoms with Crippen LogP contribution in [0, 0.1) is 0 Å². The van der Waals surface area contributed by atoms with Crippen molar-refractivity contribution < 1.29 is 12.9 Å². The van der Waals surface area contributed by atoms with Crippen LogP contribution < -0.4 is 15.4 Å². The Morgan fingerprint density at radius 3 is 2.47 bits per heavy atom. The van der Waals surface area contributed by atoms with E-state index in [0.29, 0.717) is 24.2 Å². The highest BCUT2D eigenvalue weighted by Crippen LogP contribution is 2.22. The molecule has 0 aliphatic carbocycles. The molecule has 0 saturated heterocycles. The smallest absolute Gasteiger partial charge is 0.213 e. The number of aliphatic imine (C=N–C) groups is 1. The van der Waals surface area contributed by atoms with E-state index >= 15 is 0 Å². The van der Waals surface area contributed by atoms with Crippen LogP contribution in [-0.4, -0.2) is 38.9 Å². The zero-order valence-electron chi connectivity index (χ0n) is 17.7. The monoisotopic (exact) mass is 549 g/mol. The van der Waals surface area contributed by atoms with Gasteiger partial charge in [0.2, 0.25) is 10.0 Å². The Hall–Kier alpha value is -1.66. The van der Waals surface area contributed by atoms with Crippen molar-refractivity contribution in [1.29, 1.82) is 0 Å². The van der Waals surface area contributed by atoms with Crippen molar-refractivity contribution in [3.63, 3.8) is 0 Å². The molecule has 1 aromatic heterocycles. The van der Waals surface area contributed by atoms with Crippen molar-refractivity contribution in [2.75, 3.05) is 19.3 Å². The van der Waals surface area contributed by atoms with Crippen LogP contribution in [0.25, 0.3) is 0 Å². The van der Waals surface area contributed by atoms with E-state index < -0.39 is 10.0 Å². The zero-order chi connectivity index (χ0) is 21.1. The normalized spacial score (nSPS) is 11.9. The van der Waals surface area contributed by atoms with E-state index in [1.807, 2.05) is 36.4 Å². The molecule has 1 aromatic carbocycles. The van der Waals surface area contributed by atoms with E-state index in [4.69, 9.17) is 4.52 Å². The molecule has 0 unspecified atom stereocenters. The van der Waals surface area contributed by atoms with Crippen LogP contribution in [-0.2, 0) is 23.1 Å². The van der Waals surface area contributed by atoms with Crippen LogP contribution in [0.1, 0.15) is 49.6 Å². The number of nitrogens with one attached hydrogen (secondary N) is 3. The molecular formula is C20H32IN5O3S. The van der Waals surface area contributed by atoms with E-state index in [-0.39, 0.29) is 42.8 Å². The molecule has 0 radical (unpaired) electrons. The molecule has 0 atom stereocenters. The third-order valence-corrected chi connectivity index (χ3v) is 5.96. The molecule has 3 N–H and O–H groups in total. The van der Waals surface area contributed by atoms with Gasteiger partial charge in [-0.1, -0.05) is 49.3 Å². The van der Waals surface area contributed by atoms with Gasteiger partial charge in [0.25, 0.3) is 0 Å². The molecule has 8 nitrogen and oxygen atoms in total. The summed E-state index contributed by atoms with van der Waals surface area (Å²) in [5.41, 5.74) is 1.88. The van der Waals surface area contributed by atoms with Gasteiger partial charge in [-0.15, -0.1) is 24.0 Å². The summed E-state index contributed by atoms with van der Waals surface area (Å²) in [5, 5.41) is 10.3. The Bertz CT molecular complexity index is 868. The Kier molecular flexibility index (Phi) is 12.0. The van der Waals surface area contributed by atoms with E-state index in [0.717, 1.165) is 24.1 Å². The molecular weight excluding hydrogens is 517 g/mol. The Labute approximate surface area is 196 Å². The number of sulfonamides is 1. The second kappa shape index (κ2) is 13.6. The number of aromatic nitrogens is 1. The lowest BCUT2D eigenvalue weighted by Gasteiger charge is -2.11. The summed E-state index contributed by atoms with van der Waals surface area (Å²) in [5.74, 6) is 1.57. The fourth-order valence-electron chi connectivity index (χ4n) is 2.87. The van der Waals surface area contributed by atoms with Gasteiger partial charge >= 0.3 is 0 Å². The zero-order valence-corrected chi connectivity index (χ0v) is 20.9. The van der Waals surface area contributed by atoms with Crippen molar-refractivity contribution >= 4 is 40.0 Å². The SMILES string of the molecule is CCC(CC)c1cc(CNC(=NC)NCCS(=O)(=O)NCc2ccccc2)on1.I. The summed E-state index contributed by atoms with van der Waals surface area (Å²) in [4.78, 5) is 4.11. The van der Waals surface area contributed by atoms with Crippen molar-refractivity contribution in [3.8, 4) is 0 Å². The van der Waals surface area contributed by atoms with E-state index in [1.165, 1.54) is 0 Å². The molecule has 30 heavy (non-hydrogen) atoms. The molecule has 2 rings (SSSR count). The molecule has 10 heteroatoms. The predicted molar refractivity (Wildman–Crippen MR) is 131 cm³/mol. The second-order valence-corrected chi connectivity index (χ2v) is 8.64. The summed E-state index contributed by atoms with van der Waals surface area (Å²) in [6.45, 7) is 5.20. The average molecular weight is 549 g/mol. The molecule has 1 heterocycles. The minimum Gasteiger partial charge on any atom is -0.359 e. The van der Waals surface area contributed by atoms with Crippen LogP contribution in [0.2, 0.25) is 0 Å². The van der Waals surface area contributed by atoms with Crippen molar-refractivity contribution in [3.05, 3.63) is 53.4 Å². The summed E-state index contributed by atoms with van der Waals surface area (Å²) in [6, 6.07) is 11.4. The van der Waals surface area contributed by atoms with Crippen LogP contribution >= 0.6 is 24.0 Å².